The summed E-state index contributed by atoms with van der Waals surface area (Å²) in [5.74, 6) is 5.70. The SMILES string of the molecule is C[C@H](NC(=O)c1c(N)nn2ccnnc12)c1cc2cccc(C#Cc3ccn(C)n3)c2c(=O)n1-c1ccccc1. The number of carbonyl (C=O) groups excluding carboxylic acids is 1. The Balaban J connectivity index is 1.48. The number of hydrogen-bond acceptors (Lipinski definition) is 7. The third kappa shape index (κ3) is 4.33. The minimum Gasteiger partial charge on any atom is -0.381 e. The van der Waals surface area contributed by atoms with E-state index in [4.69, 9.17) is 5.73 Å². The first-order chi connectivity index (χ1) is 19.4. The fourth-order valence-corrected chi connectivity index (χ4v) is 4.65. The second kappa shape index (κ2) is 9.85. The number of nitrogens with two attached hydrogens (primary N) is 1. The number of nitrogens with one attached hydrogen (secondary N) is 1. The third-order valence-corrected chi connectivity index (χ3v) is 6.49. The number of fused-ring (bicyclic) bond motifs is 2. The van der Waals surface area contributed by atoms with Crippen LogP contribution in [0.2, 0.25) is 0 Å². The maximum Gasteiger partial charge on any atom is 0.264 e. The van der Waals surface area contributed by atoms with Crippen molar-refractivity contribution in [2.75, 3.05) is 5.73 Å². The summed E-state index contributed by atoms with van der Waals surface area (Å²) in [4.78, 5) is 27.5. The van der Waals surface area contributed by atoms with Gasteiger partial charge in [-0.15, -0.1) is 10.2 Å². The second-order valence-electron chi connectivity index (χ2n) is 9.18. The lowest BCUT2D eigenvalue weighted by Gasteiger charge is -2.21. The van der Waals surface area contributed by atoms with Crippen LogP contribution in [0.15, 0.2) is 84.0 Å². The van der Waals surface area contributed by atoms with Crippen LogP contribution >= 0.6 is 0 Å². The molecule has 0 aliphatic carbocycles. The van der Waals surface area contributed by atoms with E-state index in [1.54, 1.807) is 22.4 Å². The predicted molar refractivity (Wildman–Crippen MR) is 150 cm³/mol. The molecule has 0 radical (unpaired) electrons. The molecule has 0 aliphatic rings. The summed E-state index contributed by atoms with van der Waals surface area (Å²) in [5.41, 5.74) is 8.55. The molecule has 0 fully saturated rings. The minimum atomic E-state index is -0.598. The number of aryl methyl sites for hydroxylation is 1. The molecule has 6 aromatic rings. The Bertz CT molecular complexity index is 2030. The Hall–Kier alpha value is -5.76. The van der Waals surface area contributed by atoms with Crippen LogP contribution in [0.4, 0.5) is 5.82 Å². The first-order valence-corrected chi connectivity index (χ1v) is 12.4. The molecule has 0 spiro atoms. The second-order valence-corrected chi connectivity index (χ2v) is 9.18. The molecule has 11 heteroatoms. The molecular weight excluding hydrogens is 506 g/mol. The van der Waals surface area contributed by atoms with Crippen LogP contribution in [0.5, 0.6) is 0 Å². The quantitative estimate of drug-likeness (QED) is 0.335. The van der Waals surface area contributed by atoms with Crippen LogP contribution in [-0.4, -0.2) is 40.1 Å². The van der Waals surface area contributed by atoms with Crippen molar-refractivity contribution in [3.63, 3.8) is 0 Å². The highest BCUT2D eigenvalue weighted by molar-refractivity contribution is 6.04. The van der Waals surface area contributed by atoms with Gasteiger partial charge in [-0.2, -0.15) is 10.2 Å². The fourth-order valence-electron chi connectivity index (χ4n) is 4.65. The van der Waals surface area contributed by atoms with Gasteiger partial charge in [0, 0.05) is 30.2 Å². The molecule has 0 aliphatic heterocycles. The Morgan fingerprint density at radius 1 is 1.02 bits per heavy atom. The summed E-state index contributed by atoms with van der Waals surface area (Å²) in [7, 11) is 1.82. The maximum absolute atomic E-state index is 14.1. The van der Waals surface area contributed by atoms with E-state index in [-0.39, 0.29) is 22.6 Å². The van der Waals surface area contributed by atoms with Crippen LogP contribution in [0.3, 0.4) is 0 Å². The van der Waals surface area contributed by atoms with Crippen molar-refractivity contribution < 1.29 is 4.79 Å². The summed E-state index contributed by atoms with van der Waals surface area (Å²) < 4.78 is 4.66. The molecule has 0 saturated heterocycles. The maximum atomic E-state index is 14.1. The molecule has 3 N–H and O–H groups in total. The molecule has 0 unspecified atom stereocenters. The molecule has 4 aromatic heterocycles. The van der Waals surface area contributed by atoms with Gasteiger partial charge in [0.25, 0.3) is 11.5 Å². The topological polar surface area (TPSA) is 138 Å². The molecule has 4 heterocycles. The predicted octanol–water partition coefficient (Wildman–Crippen LogP) is 2.63. The summed E-state index contributed by atoms with van der Waals surface area (Å²) in [5, 5.41) is 20.4. The van der Waals surface area contributed by atoms with E-state index in [1.807, 2.05) is 73.9 Å². The lowest BCUT2D eigenvalue weighted by atomic mass is 10.0. The smallest absolute Gasteiger partial charge is 0.264 e. The number of hydrogen-bond donors (Lipinski definition) is 2. The molecule has 0 bridgehead atoms. The van der Waals surface area contributed by atoms with Gasteiger partial charge in [0.15, 0.2) is 11.5 Å². The normalized spacial score (nSPS) is 11.8. The zero-order valence-electron chi connectivity index (χ0n) is 21.6. The van der Waals surface area contributed by atoms with Crippen LogP contribution in [0.1, 0.15) is 40.3 Å². The van der Waals surface area contributed by atoms with Crippen LogP contribution in [0, 0.1) is 11.8 Å². The van der Waals surface area contributed by atoms with Crippen LogP contribution in [0.25, 0.3) is 22.1 Å². The van der Waals surface area contributed by atoms with Crippen LogP contribution in [-0.2, 0) is 7.05 Å². The Morgan fingerprint density at radius 3 is 2.62 bits per heavy atom. The largest absolute Gasteiger partial charge is 0.381 e. The van der Waals surface area contributed by atoms with Crippen molar-refractivity contribution in [1.29, 1.82) is 0 Å². The van der Waals surface area contributed by atoms with Crippen molar-refractivity contribution >= 4 is 28.1 Å². The standard InChI is InChI=1S/C29H23N9O2/c1-18(32-28(39)25-26(30)35-37-16-14-31-33-27(25)37)23-17-20-8-6-7-19(11-12-21-13-15-36(2)34-21)24(20)29(40)38(23)22-9-4-3-5-10-22/h3-10,13-18H,1-2H3,(H2,30,35)(H,32,39)/t18-/m0/s1. The summed E-state index contributed by atoms with van der Waals surface area (Å²) in [6.45, 7) is 1.80. The highest BCUT2D eigenvalue weighted by Crippen LogP contribution is 2.24. The number of pyridine rings is 1. The Morgan fingerprint density at radius 2 is 1.85 bits per heavy atom. The Kier molecular flexibility index (Phi) is 6.05. The first-order valence-electron chi connectivity index (χ1n) is 12.4. The lowest BCUT2D eigenvalue weighted by molar-refractivity contribution is 0.0941. The number of rotatable bonds is 4. The molecule has 196 valence electrons. The minimum absolute atomic E-state index is 0.0280. The van der Waals surface area contributed by atoms with E-state index in [0.717, 1.165) is 0 Å². The third-order valence-electron chi connectivity index (χ3n) is 6.49. The Labute approximate surface area is 227 Å². The number of anilines is 1. The molecule has 1 atom stereocenters. The van der Waals surface area contributed by atoms with E-state index in [0.29, 0.717) is 33.4 Å². The van der Waals surface area contributed by atoms with Gasteiger partial charge in [-0.25, -0.2) is 4.52 Å². The van der Waals surface area contributed by atoms with Crippen LogP contribution < -0.4 is 16.6 Å². The lowest BCUT2D eigenvalue weighted by Crippen LogP contribution is -2.32. The van der Waals surface area contributed by atoms with Gasteiger partial charge in [-0.1, -0.05) is 36.3 Å². The van der Waals surface area contributed by atoms with Crippen molar-refractivity contribution in [1.82, 2.24) is 39.5 Å². The van der Waals surface area contributed by atoms with Crippen molar-refractivity contribution in [3.8, 4) is 17.5 Å². The first kappa shape index (κ1) is 24.6. The van der Waals surface area contributed by atoms with Gasteiger partial charge >= 0.3 is 0 Å². The summed E-state index contributed by atoms with van der Waals surface area (Å²) in [6, 6.07) is 17.9. The van der Waals surface area contributed by atoms with Crippen molar-refractivity contribution in [2.24, 2.45) is 7.05 Å². The molecule has 11 nitrogen and oxygen atoms in total. The van der Waals surface area contributed by atoms with Gasteiger partial charge in [0.2, 0.25) is 0 Å². The van der Waals surface area contributed by atoms with E-state index >= 15 is 0 Å². The van der Waals surface area contributed by atoms with Gasteiger partial charge < -0.3 is 11.1 Å². The number of aromatic nitrogens is 7. The average Bonchev–Trinajstić information content (AvgIpc) is 3.53. The van der Waals surface area contributed by atoms with Gasteiger partial charge in [0.1, 0.15) is 11.3 Å². The highest BCUT2D eigenvalue weighted by Gasteiger charge is 2.24. The molecule has 2 aromatic carbocycles. The van der Waals surface area contributed by atoms with E-state index in [9.17, 15) is 9.59 Å². The van der Waals surface area contributed by atoms with Gasteiger partial charge in [-0.3, -0.25) is 18.8 Å². The van der Waals surface area contributed by atoms with E-state index in [2.05, 4.69) is 37.6 Å². The zero-order chi connectivity index (χ0) is 27.8. The summed E-state index contributed by atoms with van der Waals surface area (Å²) >= 11 is 0. The number of nitrogens with zero attached hydrogens (tertiary/aromatic N) is 7. The molecular formula is C29H23N9O2. The monoisotopic (exact) mass is 529 g/mol. The number of para-hydroxylation sites is 1. The molecule has 6 rings (SSSR count). The average molecular weight is 530 g/mol. The molecule has 0 saturated carbocycles. The van der Waals surface area contributed by atoms with Gasteiger partial charge in [0.05, 0.1) is 23.8 Å². The van der Waals surface area contributed by atoms with E-state index < -0.39 is 11.9 Å². The molecule has 40 heavy (non-hydrogen) atoms. The number of nitrogen functional groups attached to an aromatic ring is 1. The fraction of sp³-hybridized carbons (Fsp3) is 0.103. The summed E-state index contributed by atoms with van der Waals surface area (Å²) in [6.07, 6.45) is 4.82. The van der Waals surface area contributed by atoms with Crippen molar-refractivity contribution in [2.45, 2.75) is 13.0 Å². The van der Waals surface area contributed by atoms with E-state index in [1.165, 1.54) is 10.7 Å². The number of carbonyl (C=O) groups is 1. The van der Waals surface area contributed by atoms with Gasteiger partial charge in [-0.05, 0) is 48.6 Å². The highest BCUT2D eigenvalue weighted by atomic mass is 16.2. The van der Waals surface area contributed by atoms with Crippen molar-refractivity contribution in [3.05, 3.63) is 112 Å². The number of amides is 1. The molecule has 1 amide bonds. The number of benzene rings is 2. The zero-order valence-corrected chi connectivity index (χ0v) is 21.6.